The Balaban J connectivity index is 1.59. The number of carbonyl (C=O) groups excluding carboxylic acids is 1. The number of carbonyl (C=O) groups is 2. The van der Waals surface area contributed by atoms with Gasteiger partial charge in [-0.1, -0.05) is 56.6 Å². The third-order valence-electron chi connectivity index (χ3n) is 7.60. The van der Waals surface area contributed by atoms with Crippen LogP contribution in [0, 0.1) is 13.8 Å². The van der Waals surface area contributed by atoms with E-state index in [-0.39, 0.29) is 11.9 Å². The molecule has 1 unspecified atom stereocenters. The maximum absolute atomic E-state index is 13.2. The van der Waals surface area contributed by atoms with E-state index in [1.165, 1.54) is 5.56 Å². The summed E-state index contributed by atoms with van der Waals surface area (Å²) in [5, 5.41) is 14.1. The molecule has 0 aliphatic rings. The van der Waals surface area contributed by atoms with Crippen LogP contribution in [0.2, 0.25) is 5.02 Å². The second-order valence-electron chi connectivity index (χ2n) is 10.7. The molecule has 4 rings (SSSR count). The minimum Gasteiger partial charge on any atom is -0.479 e. The number of aryl methyl sites for hydroxylation is 1. The number of benzene rings is 3. The van der Waals surface area contributed by atoms with Crippen molar-refractivity contribution in [3.63, 3.8) is 0 Å². The van der Waals surface area contributed by atoms with Crippen molar-refractivity contribution in [1.82, 2.24) is 9.88 Å². The van der Waals surface area contributed by atoms with Crippen LogP contribution in [-0.2, 0) is 11.3 Å². The molecule has 0 bridgehead atoms. The Hall–Kier alpha value is -3.77. The van der Waals surface area contributed by atoms with Gasteiger partial charge in [0.1, 0.15) is 5.75 Å². The van der Waals surface area contributed by atoms with Gasteiger partial charge in [0, 0.05) is 33.7 Å². The number of carboxylic acids is 1. The van der Waals surface area contributed by atoms with Crippen molar-refractivity contribution in [2.45, 2.75) is 72.6 Å². The van der Waals surface area contributed by atoms with Crippen LogP contribution < -0.4 is 10.1 Å². The van der Waals surface area contributed by atoms with Crippen molar-refractivity contribution in [2.75, 3.05) is 0 Å². The topological polar surface area (TPSA) is 80.6 Å². The highest BCUT2D eigenvalue weighted by Gasteiger charge is 2.19. The molecule has 0 aliphatic carbocycles. The fourth-order valence-corrected chi connectivity index (χ4v) is 5.11. The molecule has 0 saturated carbocycles. The number of ether oxygens (including phenoxy) is 1. The number of halogens is 1. The van der Waals surface area contributed by atoms with E-state index < -0.39 is 12.1 Å². The van der Waals surface area contributed by atoms with Crippen molar-refractivity contribution in [3.8, 4) is 5.75 Å². The first kappa shape index (κ1) is 29.2. The van der Waals surface area contributed by atoms with Gasteiger partial charge >= 0.3 is 5.97 Å². The van der Waals surface area contributed by atoms with Crippen LogP contribution in [0.15, 0.2) is 60.7 Å². The van der Waals surface area contributed by atoms with Crippen molar-refractivity contribution in [1.29, 1.82) is 0 Å². The van der Waals surface area contributed by atoms with Crippen LogP contribution in [0.5, 0.6) is 5.75 Å². The lowest BCUT2D eigenvalue weighted by molar-refractivity contribution is -0.145. The van der Waals surface area contributed by atoms with Crippen molar-refractivity contribution >= 4 is 34.4 Å². The summed E-state index contributed by atoms with van der Waals surface area (Å²) in [5.74, 6) is -0.235. The zero-order valence-electron chi connectivity index (χ0n) is 23.9. The van der Waals surface area contributed by atoms with Crippen molar-refractivity contribution < 1.29 is 19.4 Å². The van der Waals surface area contributed by atoms with Gasteiger partial charge in [0.25, 0.3) is 5.91 Å². The molecule has 0 radical (unpaired) electrons. The average Bonchev–Trinajstić information content (AvgIpc) is 3.17. The second-order valence-corrected chi connectivity index (χ2v) is 11.1. The number of nitrogens with zero attached hydrogens (tertiary/aromatic N) is 1. The summed E-state index contributed by atoms with van der Waals surface area (Å²) in [6, 6.07) is 19.2. The largest absolute Gasteiger partial charge is 0.479 e. The maximum Gasteiger partial charge on any atom is 0.344 e. The molecule has 0 aliphatic heterocycles. The minimum absolute atomic E-state index is 0.119. The van der Waals surface area contributed by atoms with E-state index in [1.807, 2.05) is 44.2 Å². The Morgan fingerprint density at radius 3 is 2.40 bits per heavy atom. The molecule has 210 valence electrons. The molecule has 4 aromatic rings. The first-order chi connectivity index (χ1) is 19.0. The molecule has 3 aromatic carbocycles. The predicted molar refractivity (Wildman–Crippen MR) is 161 cm³/mol. The van der Waals surface area contributed by atoms with Gasteiger partial charge < -0.3 is 19.7 Å². The lowest BCUT2D eigenvalue weighted by atomic mass is 9.98. The monoisotopic (exact) mass is 560 g/mol. The quantitative estimate of drug-likeness (QED) is 0.207. The van der Waals surface area contributed by atoms with Gasteiger partial charge in [0.2, 0.25) is 0 Å². The van der Waals surface area contributed by atoms with Gasteiger partial charge in [-0.2, -0.15) is 0 Å². The molecular weight excluding hydrogens is 524 g/mol. The van der Waals surface area contributed by atoms with Crippen LogP contribution >= 0.6 is 11.6 Å². The summed E-state index contributed by atoms with van der Waals surface area (Å²) in [7, 11) is 0. The first-order valence-electron chi connectivity index (χ1n) is 13.7. The summed E-state index contributed by atoms with van der Waals surface area (Å²) in [5.41, 5.74) is 6.88. The highest BCUT2D eigenvalue weighted by Crippen LogP contribution is 2.31. The Morgan fingerprint density at radius 2 is 1.73 bits per heavy atom. The number of hydrogen-bond donors (Lipinski definition) is 2. The molecule has 0 saturated heterocycles. The highest BCUT2D eigenvalue weighted by atomic mass is 35.5. The van der Waals surface area contributed by atoms with E-state index in [4.69, 9.17) is 16.3 Å². The van der Waals surface area contributed by atoms with Gasteiger partial charge in [0.15, 0.2) is 6.10 Å². The zero-order chi connectivity index (χ0) is 29.1. The van der Waals surface area contributed by atoms with Gasteiger partial charge in [-0.3, -0.25) is 4.79 Å². The third kappa shape index (κ3) is 6.18. The van der Waals surface area contributed by atoms with Crippen LogP contribution in [0.3, 0.4) is 0 Å². The fraction of sp³-hybridized carbons (Fsp3) is 0.333. The molecule has 1 amide bonds. The van der Waals surface area contributed by atoms with E-state index >= 15 is 0 Å². The SMILES string of the molecule is CCC(Oc1ccc(Cl)c(Cn2c(C)c(C)c3cc(C(=O)N[C@@H](C)c4cccc(C(C)C)c4)ccc32)c1)C(=O)O. The number of amides is 1. The molecular formula is C33H37ClN2O4. The van der Waals surface area contributed by atoms with E-state index in [2.05, 4.69) is 42.8 Å². The number of aromatic nitrogens is 1. The third-order valence-corrected chi connectivity index (χ3v) is 7.97. The van der Waals surface area contributed by atoms with E-state index in [9.17, 15) is 14.7 Å². The second kappa shape index (κ2) is 12.2. The molecule has 40 heavy (non-hydrogen) atoms. The first-order valence-corrected chi connectivity index (χ1v) is 14.1. The lowest BCUT2D eigenvalue weighted by Gasteiger charge is -2.17. The predicted octanol–water partition coefficient (Wildman–Crippen LogP) is 7.82. The Bertz CT molecular complexity index is 1560. The van der Waals surface area contributed by atoms with Crippen LogP contribution in [-0.4, -0.2) is 27.7 Å². The lowest BCUT2D eigenvalue weighted by Crippen LogP contribution is -2.26. The summed E-state index contributed by atoms with van der Waals surface area (Å²) in [4.78, 5) is 24.7. The molecule has 1 heterocycles. The highest BCUT2D eigenvalue weighted by molar-refractivity contribution is 6.31. The Morgan fingerprint density at radius 1 is 1.00 bits per heavy atom. The van der Waals surface area contributed by atoms with E-state index in [1.54, 1.807) is 25.1 Å². The molecule has 6 nitrogen and oxygen atoms in total. The van der Waals surface area contributed by atoms with E-state index in [0.717, 1.165) is 33.3 Å². The number of aliphatic carboxylic acids is 1. The number of carboxylic acid groups (broad SMARTS) is 1. The van der Waals surface area contributed by atoms with Gasteiger partial charge in [-0.25, -0.2) is 4.79 Å². The number of nitrogens with one attached hydrogen (secondary N) is 1. The standard InChI is InChI=1S/C33H37ClN2O4/c1-7-31(33(38)39)40-27-12-13-29(34)26(16-27)18-36-22(6)20(4)28-17-25(11-14-30(28)36)32(37)35-21(5)24-10-8-9-23(15-24)19(2)3/h8-17,19,21,31H,7,18H2,1-6H3,(H,35,37)(H,38,39)/t21-,31?/m0/s1. The fourth-order valence-electron chi connectivity index (χ4n) is 4.93. The number of rotatable bonds is 10. The van der Waals surface area contributed by atoms with Crippen LogP contribution in [0.25, 0.3) is 10.9 Å². The smallest absolute Gasteiger partial charge is 0.344 e. The molecule has 0 spiro atoms. The van der Waals surface area contributed by atoms with Gasteiger partial charge in [0.05, 0.1) is 6.04 Å². The summed E-state index contributed by atoms with van der Waals surface area (Å²) in [6.45, 7) is 12.7. The minimum atomic E-state index is -1.000. The molecule has 1 aromatic heterocycles. The molecule has 0 fully saturated rings. The van der Waals surface area contributed by atoms with Crippen LogP contribution in [0.4, 0.5) is 0 Å². The average molecular weight is 561 g/mol. The molecule has 2 atom stereocenters. The van der Waals surface area contributed by atoms with E-state index in [0.29, 0.717) is 35.2 Å². The summed E-state index contributed by atoms with van der Waals surface area (Å²) in [6.07, 6.45) is -0.566. The Labute approximate surface area is 240 Å². The van der Waals surface area contributed by atoms with Crippen molar-refractivity contribution in [3.05, 3.63) is 99.2 Å². The Kier molecular flexibility index (Phi) is 8.89. The van der Waals surface area contributed by atoms with Gasteiger partial charge in [-0.15, -0.1) is 0 Å². The normalized spacial score (nSPS) is 12.9. The zero-order valence-corrected chi connectivity index (χ0v) is 24.7. The maximum atomic E-state index is 13.2. The van der Waals surface area contributed by atoms with Crippen LogP contribution in [0.1, 0.15) is 84.4 Å². The molecule has 2 N–H and O–H groups in total. The van der Waals surface area contributed by atoms with Gasteiger partial charge in [-0.05, 0) is 91.8 Å². The summed E-state index contributed by atoms with van der Waals surface area (Å²) >= 11 is 6.54. The summed E-state index contributed by atoms with van der Waals surface area (Å²) < 4.78 is 7.85. The molecule has 7 heteroatoms. The van der Waals surface area contributed by atoms with Crippen molar-refractivity contribution in [2.24, 2.45) is 0 Å². The number of hydrogen-bond acceptors (Lipinski definition) is 3. The number of fused-ring (bicyclic) bond motifs is 1.